The maximum Gasteiger partial charge on any atom is 0.322 e. The van der Waals surface area contributed by atoms with E-state index in [2.05, 4.69) is 25.6 Å². The van der Waals surface area contributed by atoms with Gasteiger partial charge in [0.25, 0.3) is 0 Å². The Bertz CT molecular complexity index is 616. The molecule has 2 aromatic heterocycles. The SMILES string of the molecule is CC(C)Nc1cc(-c2ccncc2)nc(NCC(=O)O)n1. The van der Waals surface area contributed by atoms with Crippen LogP contribution in [0.25, 0.3) is 11.3 Å². The van der Waals surface area contributed by atoms with Gasteiger partial charge in [-0.25, -0.2) is 4.98 Å². The van der Waals surface area contributed by atoms with Crippen LogP contribution in [0.3, 0.4) is 0 Å². The van der Waals surface area contributed by atoms with E-state index in [0.717, 1.165) is 5.56 Å². The molecule has 21 heavy (non-hydrogen) atoms. The highest BCUT2D eigenvalue weighted by atomic mass is 16.4. The molecule has 0 radical (unpaired) electrons. The molecule has 0 saturated heterocycles. The fourth-order valence-electron chi connectivity index (χ4n) is 1.72. The van der Waals surface area contributed by atoms with Gasteiger partial charge < -0.3 is 15.7 Å². The summed E-state index contributed by atoms with van der Waals surface area (Å²) in [4.78, 5) is 23.2. The Morgan fingerprint density at radius 2 is 2.00 bits per heavy atom. The van der Waals surface area contributed by atoms with Crippen molar-refractivity contribution in [1.82, 2.24) is 15.0 Å². The number of nitrogens with zero attached hydrogens (tertiary/aromatic N) is 3. The van der Waals surface area contributed by atoms with Gasteiger partial charge in [0.05, 0.1) is 5.69 Å². The molecular formula is C14H17N5O2. The van der Waals surface area contributed by atoms with E-state index < -0.39 is 5.97 Å². The maximum atomic E-state index is 10.6. The highest BCUT2D eigenvalue weighted by molar-refractivity contribution is 5.72. The van der Waals surface area contributed by atoms with Crippen molar-refractivity contribution in [2.24, 2.45) is 0 Å². The van der Waals surface area contributed by atoms with Crippen LogP contribution in [0.2, 0.25) is 0 Å². The lowest BCUT2D eigenvalue weighted by atomic mass is 10.2. The van der Waals surface area contributed by atoms with Crippen molar-refractivity contribution < 1.29 is 9.90 Å². The largest absolute Gasteiger partial charge is 0.480 e. The Balaban J connectivity index is 2.34. The van der Waals surface area contributed by atoms with Crippen LogP contribution < -0.4 is 10.6 Å². The zero-order valence-electron chi connectivity index (χ0n) is 11.9. The van der Waals surface area contributed by atoms with Gasteiger partial charge in [-0.2, -0.15) is 4.98 Å². The van der Waals surface area contributed by atoms with E-state index in [1.165, 1.54) is 0 Å². The molecule has 0 aliphatic heterocycles. The number of hydrogen-bond acceptors (Lipinski definition) is 6. The Morgan fingerprint density at radius 1 is 1.29 bits per heavy atom. The minimum atomic E-state index is -0.966. The summed E-state index contributed by atoms with van der Waals surface area (Å²) in [7, 11) is 0. The predicted molar refractivity (Wildman–Crippen MR) is 80.1 cm³/mol. The quantitative estimate of drug-likeness (QED) is 0.745. The minimum Gasteiger partial charge on any atom is -0.480 e. The zero-order chi connectivity index (χ0) is 15.2. The second-order valence-electron chi connectivity index (χ2n) is 4.74. The number of nitrogens with one attached hydrogen (secondary N) is 2. The number of anilines is 2. The van der Waals surface area contributed by atoms with Crippen molar-refractivity contribution in [3.05, 3.63) is 30.6 Å². The van der Waals surface area contributed by atoms with Crippen molar-refractivity contribution in [1.29, 1.82) is 0 Å². The highest BCUT2D eigenvalue weighted by Gasteiger charge is 2.08. The Morgan fingerprint density at radius 3 is 2.62 bits per heavy atom. The van der Waals surface area contributed by atoms with Gasteiger partial charge in [0.2, 0.25) is 5.95 Å². The van der Waals surface area contributed by atoms with E-state index in [4.69, 9.17) is 5.11 Å². The first-order chi connectivity index (χ1) is 10.0. The molecule has 110 valence electrons. The van der Waals surface area contributed by atoms with Gasteiger partial charge in [-0.15, -0.1) is 0 Å². The lowest BCUT2D eigenvalue weighted by Crippen LogP contribution is -2.16. The second kappa shape index (κ2) is 6.65. The number of hydrogen-bond donors (Lipinski definition) is 3. The highest BCUT2D eigenvalue weighted by Crippen LogP contribution is 2.21. The number of carboxylic acid groups (broad SMARTS) is 1. The van der Waals surface area contributed by atoms with Crippen LogP contribution in [0, 0.1) is 0 Å². The molecule has 0 unspecified atom stereocenters. The average Bonchev–Trinajstić information content (AvgIpc) is 2.45. The number of aromatic nitrogens is 3. The molecule has 2 rings (SSSR count). The van der Waals surface area contributed by atoms with Gasteiger partial charge in [-0.05, 0) is 26.0 Å². The van der Waals surface area contributed by atoms with Crippen molar-refractivity contribution >= 4 is 17.7 Å². The van der Waals surface area contributed by atoms with E-state index >= 15 is 0 Å². The molecule has 0 aromatic carbocycles. The lowest BCUT2D eigenvalue weighted by molar-refractivity contribution is -0.134. The topological polar surface area (TPSA) is 100 Å². The predicted octanol–water partition coefficient (Wildman–Crippen LogP) is 1.86. The van der Waals surface area contributed by atoms with E-state index in [1.807, 2.05) is 32.0 Å². The van der Waals surface area contributed by atoms with Crippen LogP contribution in [-0.4, -0.2) is 38.6 Å². The van der Waals surface area contributed by atoms with Crippen molar-refractivity contribution in [3.8, 4) is 11.3 Å². The number of aliphatic carboxylic acids is 1. The summed E-state index contributed by atoms with van der Waals surface area (Å²) in [5.41, 5.74) is 1.58. The molecule has 3 N–H and O–H groups in total. The van der Waals surface area contributed by atoms with Gasteiger partial charge in [0, 0.05) is 30.1 Å². The molecule has 0 bridgehead atoms. The van der Waals surface area contributed by atoms with Crippen LogP contribution in [0.15, 0.2) is 30.6 Å². The molecule has 2 aromatic rings. The van der Waals surface area contributed by atoms with Gasteiger partial charge >= 0.3 is 5.97 Å². The van der Waals surface area contributed by atoms with Crippen molar-refractivity contribution in [3.63, 3.8) is 0 Å². The van der Waals surface area contributed by atoms with Crippen LogP contribution in [0.5, 0.6) is 0 Å². The monoisotopic (exact) mass is 287 g/mol. The van der Waals surface area contributed by atoms with Crippen LogP contribution in [0.1, 0.15) is 13.8 Å². The van der Waals surface area contributed by atoms with Crippen LogP contribution >= 0.6 is 0 Å². The van der Waals surface area contributed by atoms with Crippen molar-refractivity contribution in [2.75, 3.05) is 17.2 Å². The Labute approximate surface area is 122 Å². The summed E-state index contributed by atoms with van der Waals surface area (Å²) >= 11 is 0. The third kappa shape index (κ3) is 4.41. The molecule has 0 amide bonds. The van der Waals surface area contributed by atoms with Crippen molar-refractivity contribution in [2.45, 2.75) is 19.9 Å². The minimum absolute atomic E-state index is 0.206. The summed E-state index contributed by atoms with van der Waals surface area (Å²) < 4.78 is 0. The summed E-state index contributed by atoms with van der Waals surface area (Å²) in [6, 6.07) is 5.70. The fourth-order valence-corrected chi connectivity index (χ4v) is 1.72. The van der Waals surface area contributed by atoms with Crippen LogP contribution in [-0.2, 0) is 4.79 Å². The molecule has 0 spiro atoms. The first kappa shape index (κ1) is 14.7. The van der Waals surface area contributed by atoms with E-state index in [0.29, 0.717) is 11.5 Å². The first-order valence-electron chi connectivity index (χ1n) is 6.56. The summed E-state index contributed by atoms with van der Waals surface area (Å²) in [6.45, 7) is 3.76. The molecule has 7 nitrogen and oxygen atoms in total. The number of carbonyl (C=O) groups is 1. The molecule has 0 saturated carbocycles. The molecule has 0 aliphatic carbocycles. The van der Waals surface area contributed by atoms with E-state index in [9.17, 15) is 4.79 Å². The molecule has 2 heterocycles. The lowest BCUT2D eigenvalue weighted by Gasteiger charge is -2.12. The third-order valence-corrected chi connectivity index (χ3v) is 2.54. The molecule has 0 aliphatic rings. The normalized spacial score (nSPS) is 10.4. The van der Waals surface area contributed by atoms with Gasteiger partial charge in [0.15, 0.2) is 0 Å². The van der Waals surface area contributed by atoms with Crippen LogP contribution in [0.4, 0.5) is 11.8 Å². The Kier molecular flexibility index (Phi) is 4.65. The summed E-state index contributed by atoms with van der Waals surface area (Å²) in [5.74, 6) is -0.0548. The molecular weight excluding hydrogens is 270 g/mol. The smallest absolute Gasteiger partial charge is 0.322 e. The third-order valence-electron chi connectivity index (χ3n) is 2.54. The standard InChI is InChI=1S/C14H17N5O2/c1-9(2)17-12-7-11(10-3-5-15-6-4-10)18-14(19-12)16-8-13(20)21/h3-7,9H,8H2,1-2H3,(H,20,21)(H2,16,17,18,19). The molecule has 0 fully saturated rings. The van der Waals surface area contributed by atoms with E-state index in [1.54, 1.807) is 12.4 Å². The second-order valence-corrected chi connectivity index (χ2v) is 4.74. The summed E-state index contributed by atoms with van der Waals surface area (Å²) in [6.07, 6.45) is 3.36. The number of rotatable bonds is 6. The molecule has 0 atom stereocenters. The fraction of sp³-hybridized carbons (Fsp3) is 0.286. The average molecular weight is 287 g/mol. The van der Waals surface area contributed by atoms with E-state index in [-0.39, 0.29) is 18.5 Å². The van der Waals surface area contributed by atoms with Gasteiger partial charge in [-0.1, -0.05) is 0 Å². The zero-order valence-corrected chi connectivity index (χ0v) is 11.9. The molecule has 7 heteroatoms. The first-order valence-corrected chi connectivity index (χ1v) is 6.56. The Hall–Kier alpha value is -2.70. The number of pyridine rings is 1. The van der Waals surface area contributed by atoms with Gasteiger partial charge in [-0.3, -0.25) is 9.78 Å². The maximum absolute atomic E-state index is 10.6. The summed E-state index contributed by atoms with van der Waals surface area (Å²) in [5, 5.41) is 14.6. The number of carboxylic acids is 1. The van der Waals surface area contributed by atoms with Gasteiger partial charge in [0.1, 0.15) is 12.4 Å².